The molecule has 1 amide bonds. The van der Waals surface area contributed by atoms with Gasteiger partial charge in [0.25, 0.3) is 5.91 Å². The molecule has 1 saturated heterocycles. The van der Waals surface area contributed by atoms with Crippen LogP contribution in [0.3, 0.4) is 0 Å². The first-order valence-corrected chi connectivity index (χ1v) is 11.7. The fourth-order valence-electron chi connectivity index (χ4n) is 3.75. The quantitative estimate of drug-likeness (QED) is 0.564. The van der Waals surface area contributed by atoms with Gasteiger partial charge in [-0.05, 0) is 67.1 Å². The third kappa shape index (κ3) is 4.45. The Morgan fingerprint density at radius 3 is 2.30 bits per heavy atom. The standard InChI is InChI=1S/C23H22ClNO4S/c24-19-6-8-20(9-7-19)30(27,28)22-11-10-21(29-22)23(26)25-14-12-18(13-15-25)16-17-4-2-1-3-5-17/h1-11,18H,12-16H2. The first-order chi connectivity index (χ1) is 14.4. The summed E-state index contributed by atoms with van der Waals surface area (Å²) in [5.74, 6) is 0.309. The highest BCUT2D eigenvalue weighted by atomic mass is 35.5. The van der Waals surface area contributed by atoms with Crippen LogP contribution in [-0.2, 0) is 16.3 Å². The molecule has 0 radical (unpaired) electrons. The summed E-state index contributed by atoms with van der Waals surface area (Å²) in [6.07, 6.45) is 2.83. The van der Waals surface area contributed by atoms with Gasteiger partial charge in [0.2, 0.25) is 14.9 Å². The first-order valence-electron chi connectivity index (χ1n) is 9.87. The molecule has 7 heteroatoms. The third-order valence-electron chi connectivity index (χ3n) is 5.45. The zero-order chi connectivity index (χ0) is 21.1. The van der Waals surface area contributed by atoms with Gasteiger partial charge < -0.3 is 9.32 Å². The zero-order valence-corrected chi connectivity index (χ0v) is 17.9. The summed E-state index contributed by atoms with van der Waals surface area (Å²) in [7, 11) is -3.84. The summed E-state index contributed by atoms with van der Waals surface area (Å²) in [5, 5.41) is 0.201. The van der Waals surface area contributed by atoms with E-state index < -0.39 is 9.84 Å². The smallest absolute Gasteiger partial charge is 0.289 e. The van der Waals surface area contributed by atoms with Crippen molar-refractivity contribution in [3.8, 4) is 0 Å². The van der Waals surface area contributed by atoms with E-state index in [0.717, 1.165) is 19.3 Å². The number of carbonyl (C=O) groups is 1. The van der Waals surface area contributed by atoms with Crippen molar-refractivity contribution in [2.75, 3.05) is 13.1 Å². The van der Waals surface area contributed by atoms with Crippen LogP contribution in [0, 0.1) is 5.92 Å². The Balaban J connectivity index is 1.40. The van der Waals surface area contributed by atoms with Crippen molar-refractivity contribution in [1.29, 1.82) is 0 Å². The number of sulfone groups is 1. The fraction of sp³-hybridized carbons (Fsp3) is 0.261. The number of benzene rings is 2. The summed E-state index contributed by atoms with van der Waals surface area (Å²) < 4.78 is 30.9. The molecule has 0 atom stereocenters. The monoisotopic (exact) mass is 443 g/mol. The molecule has 2 heterocycles. The van der Waals surface area contributed by atoms with Gasteiger partial charge in [0.1, 0.15) is 0 Å². The Hall–Kier alpha value is -2.57. The van der Waals surface area contributed by atoms with E-state index >= 15 is 0 Å². The van der Waals surface area contributed by atoms with Gasteiger partial charge in [-0.2, -0.15) is 0 Å². The van der Waals surface area contributed by atoms with E-state index in [-0.39, 0.29) is 21.7 Å². The van der Waals surface area contributed by atoms with E-state index in [1.54, 1.807) is 4.90 Å². The molecule has 4 rings (SSSR count). The van der Waals surface area contributed by atoms with Crippen LogP contribution in [-0.4, -0.2) is 32.3 Å². The van der Waals surface area contributed by atoms with Crippen molar-refractivity contribution in [1.82, 2.24) is 4.90 Å². The summed E-state index contributed by atoms with van der Waals surface area (Å²) >= 11 is 5.83. The summed E-state index contributed by atoms with van der Waals surface area (Å²) in [5.41, 5.74) is 1.31. The maximum atomic E-state index is 12.8. The summed E-state index contributed by atoms with van der Waals surface area (Å²) in [6, 6.07) is 19.0. The average Bonchev–Trinajstić information content (AvgIpc) is 3.26. The number of furan rings is 1. The summed E-state index contributed by atoms with van der Waals surface area (Å²) in [6.45, 7) is 1.27. The van der Waals surface area contributed by atoms with Gasteiger partial charge in [-0.3, -0.25) is 4.79 Å². The van der Waals surface area contributed by atoms with Crippen LogP contribution in [0.2, 0.25) is 5.02 Å². The van der Waals surface area contributed by atoms with E-state index in [1.807, 2.05) is 18.2 Å². The van der Waals surface area contributed by atoms with Crippen molar-refractivity contribution in [3.63, 3.8) is 0 Å². The molecule has 3 aromatic rings. The van der Waals surface area contributed by atoms with Crippen LogP contribution < -0.4 is 0 Å². The van der Waals surface area contributed by atoms with E-state index in [9.17, 15) is 13.2 Å². The third-order valence-corrected chi connectivity index (χ3v) is 7.34. The van der Waals surface area contributed by atoms with Crippen molar-refractivity contribution < 1.29 is 17.6 Å². The van der Waals surface area contributed by atoms with Crippen molar-refractivity contribution in [2.45, 2.75) is 29.3 Å². The molecular weight excluding hydrogens is 422 g/mol. The molecule has 1 aromatic heterocycles. The Kier molecular flexibility index (Phi) is 5.97. The molecule has 1 fully saturated rings. The van der Waals surface area contributed by atoms with E-state index in [1.165, 1.54) is 42.0 Å². The van der Waals surface area contributed by atoms with Crippen LogP contribution in [0.25, 0.3) is 0 Å². The number of likely N-dealkylation sites (tertiary alicyclic amines) is 1. The molecule has 0 bridgehead atoms. The Labute approximate surface area is 181 Å². The van der Waals surface area contributed by atoms with Crippen LogP contribution in [0.5, 0.6) is 0 Å². The molecule has 1 aliphatic rings. The molecule has 0 saturated carbocycles. The predicted molar refractivity (Wildman–Crippen MR) is 114 cm³/mol. The van der Waals surface area contributed by atoms with Crippen LogP contribution >= 0.6 is 11.6 Å². The molecular formula is C23H22ClNO4S. The average molecular weight is 444 g/mol. The van der Waals surface area contributed by atoms with Crippen LogP contribution in [0.15, 0.2) is 81.1 Å². The zero-order valence-electron chi connectivity index (χ0n) is 16.3. The number of halogens is 1. The predicted octanol–water partition coefficient (Wildman–Crippen LogP) is 4.86. The lowest BCUT2D eigenvalue weighted by molar-refractivity contribution is 0.0653. The van der Waals surface area contributed by atoms with Crippen molar-refractivity contribution >= 4 is 27.3 Å². The molecule has 0 N–H and O–H groups in total. The van der Waals surface area contributed by atoms with Crippen molar-refractivity contribution in [3.05, 3.63) is 83.1 Å². The van der Waals surface area contributed by atoms with Gasteiger partial charge in [0.05, 0.1) is 4.90 Å². The maximum absolute atomic E-state index is 12.8. The van der Waals surface area contributed by atoms with E-state index in [2.05, 4.69) is 12.1 Å². The minimum absolute atomic E-state index is 0.0454. The van der Waals surface area contributed by atoms with Gasteiger partial charge in [-0.25, -0.2) is 8.42 Å². The number of nitrogens with zero attached hydrogens (tertiary/aromatic N) is 1. The molecule has 0 unspecified atom stereocenters. The number of piperidine rings is 1. The Morgan fingerprint density at radius 1 is 0.967 bits per heavy atom. The molecule has 0 aliphatic carbocycles. The van der Waals surface area contributed by atoms with Crippen LogP contribution in [0.1, 0.15) is 29.0 Å². The lowest BCUT2D eigenvalue weighted by atomic mass is 9.90. The van der Waals surface area contributed by atoms with Gasteiger partial charge in [-0.15, -0.1) is 0 Å². The van der Waals surface area contributed by atoms with E-state index in [0.29, 0.717) is 24.0 Å². The molecule has 5 nitrogen and oxygen atoms in total. The Bertz CT molecular complexity index is 1120. The highest BCUT2D eigenvalue weighted by Gasteiger charge is 2.28. The van der Waals surface area contributed by atoms with Crippen molar-refractivity contribution in [2.24, 2.45) is 5.92 Å². The van der Waals surface area contributed by atoms with E-state index in [4.69, 9.17) is 16.0 Å². The highest BCUT2D eigenvalue weighted by molar-refractivity contribution is 7.91. The fourth-order valence-corrected chi connectivity index (χ4v) is 5.05. The maximum Gasteiger partial charge on any atom is 0.289 e. The minimum atomic E-state index is -3.84. The molecule has 156 valence electrons. The van der Waals surface area contributed by atoms with Gasteiger partial charge in [0.15, 0.2) is 5.76 Å². The first kappa shape index (κ1) is 20.7. The number of hydrogen-bond donors (Lipinski definition) is 0. The van der Waals surface area contributed by atoms with Gasteiger partial charge in [-0.1, -0.05) is 41.9 Å². The lowest BCUT2D eigenvalue weighted by Crippen LogP contribution is -2.38. The van der Waals surface area contributed by atoms with Gasteiger partial charge in [0, 0.05) is 18.1 Å². The molecule has 2 aromatic carbocycles. The second kappa shape index (κ2) is 8.66. The molecule has 1 aliphatic heterocycles. The van der Waals surface area contributed by atoms with Crippen LogP contribution in [0.4, 0.5) is 0 Å². The Morgan fingerprint density at radius 2 is 1.63 bits per heavy atom. The SMILES string of the molecule is O=C(c1ccc(S(=O)(=O)c2ccc(Cl)cc2)o1)N1CCC(Cc2ccccc2)CC1. The minimum Gasteiger partial charge on any atom is -0.439 e. The second-order valence-corrected chi connectivity index (χ2v) is 9.82. The highest BCUT2D eigenvalue weighted by Crippen LogP contribution is 2.27. The van der Waals surface area contributed by atoms with Gasteiger partial charge >= 0.3 is 0 Å². The number of rotatable bonds is 5. The normalized spacial score (nSPS) is 15.3. The number of amides is 1. The largest absolute Gasteiger partial charge is 0.439 e. The number of carbonyl (C=O) groups excluding carboxylic acids is 1. The number of hydrogen-bond acceptors (Lipinski definition) is 4. The topological polar surface area (TPSA) is 67.6 Å². The molecule has 0 spiro atoms. The summed E-state index contributed by atoms with van der Waals surface area (Å²) in [4.78, 5) is 14.6. The lowest BCUT2D eigenvalue weighted by Gasteiger charge is -2.31. The molecule has 30 heavy (non-hydrogen) atoms. The second-order valence-electron chi connectivity index (χ2n) is 7.50.